The largest absolute Gasteiger partial charge is 0.490 e. The molecule has 0 aliphatic carbocycles. The van der Waals surface area contributed by atoms with Crippen molar-refractivity contribution in [3.63, 3.8) is 0 Å². The summed E-state index contributed by atoms with van der Waals surface area (Å²) in [6.07, 6.45) is 0.787. The number of hydrogen-bond donors (Lipinski definition) is 1. The molecule has 0 aromatic heterocycles. The topological polar surface area (TPSA) is 81.9 Å². The maximum absolute atomic E-state index is 12.7. The summed E-state index contributed by atoms with van der Waals surface area (Å²) in [5.41, 5.74) is 5.92. The fourth-order valence-corrected chi connectivity index (χ4v) is 4.19. The van der Waals surface area contributed by atoms with Gasteiger partial charge in [0.05, 0.1) is 18.1 Å². The molecule has 0 saturated carbocycles. The lowest BCUT2D eigenvalue weighted by molar-refractivity contribution is 0.297. The van der Waals surface area contributed by atoms with Crippen LogP contribution in [-0.4, -0.2) is 45.1 Å². The molecule has 2 atom stereocenters. The lowest BCUT2D eigenvalue weighted by Crippen LogP contribution is -2.32. The smallest absolute Gasteiger partial charge is 0.243 e. The first-order valence-corrected chi connectivity index (χ1v) is 8.58. The van der Waals surface area contributed by atoms with Gasteiger partial charge in [-0.1, -0.05) is 6.92 Å². The average molecular weight is 312 g/mol. The Morgan fingerprint density at radius 1 is 1.19 bits per heavy atom. The van der Waals surface area contributed by atoms with Gasteiger partial charge in [-0.2, -0.15) is 4.31 Å². The molecule has 21 heavy (non-hydrogen) atoms. The van der Waals surface area contributed by atoms with E-state index in [0.29, 0.717) is 37.8 Å². The van der Waals surface area contributed by atoms with Gasteiger partial charge in [0.15, 0.2) is 11.5 Å². The van der Waals surface area contributed by atoms with Gasteiger partial charge in [-0.15, -0.1) is 0 Å². The third-order valence-electron chi connectivity index (χ3n) is 3.99. The van der Waals surface area contributed by atoms with E-state index in [-0.39, 0.29) is 16.9 Å². The maximum atomic E-state index is 12.7. The maximum Gasteiger partial charge on any atom is 0.243 e. The standard InChI is InChI=1S/C14H20N2O4S/c1-10-8-16(9-12(10)15)21(17,18)11-3-4-13-14(7-11)20-6-2-5-19-13/h3-4,7,10,12H,2,5-6,8-9,15H2,1H3. The highest BCUT2D eigenvalue weighted by Crippen LogP contribution is 2.33. The molecule has 0 bridgehead atoms. The molecule has 3 rings (SSSR count). The molecule has 2 unspecified atom stereocenters. The Balaban J connectivity index is 1.91. The minimum atomic E-state index is -3.53. The Hall–Kier alpha value is -1.31. The highest BCUT2D eigenvalue weighted by Gasteiger charge is 2.35. The summed E-state index contributed by atoms with van der Waals surface area (Å²) in [7, 11) is -3.53. The number of ether oxygens (including phenoxy) is 2. The molecule has 2 aliphatic rings. The predicted octanol–water partition coefficient (Wildman–Crippen LogP) is 0.816. The van der Waals surface area contributed by atoms with Crippen LogP contribution >= 0.6 is 0 Å². The van der Waals surface area contributed by atoms with Crippen molar-refractivity contribution < 1.29 is 17.9 Å². The van der Waals surface area contributed by atoms with Crippen molar-refractivity contribution >= 4 is 10.0 Å². The molecule has 2 N–H and O–H groups in total. The van der Waals surface area contributed by atoms with Gasteiger partial charge in [0.2, 0.25) is 10.0 Å². The second-order valence-corrected chi connectivity index (χ2v) is 7.56. The second-order valence-electron chi connectivity index (χ2n) is 5.62. The zero-order chi connectivity index (χ0) is 15.0. The number of sulfonamides is 1. The van der Waals surface area contributed by atoms with Crippen LogP contribution in [0.1, 0.15) is 13.3 Å². The van der Waals surface area contributed by atoms with Crippen LogP contribution in [0.3, 0.4) is 0 Å². The molecular formula is C14H20N2O4S. The molecule has 0 radical (unpaired) electrons. The van der Waals surface area contributed by atoms with Gasteiger partial charge >= 0.3 is 0 Å². The average Bonchev–Trinajstić information content (AvgIpc) is 2.67. The van der Waals surface area contributed by atoms with Crippen molar-refractivity contribution in [3.8, 4) is 11.5 Å². The number of nitrogens with two attached hydrogens (primary N) is 1. The first kappa shape index (κ1) is 14.6. The van der Waals surface area contributed by atoms with Gasteiger partial charge in [-0.05, 0) is 18.1 Å². The lowest BCUT2D eigenvalue weighted by atomic mass is 10.1. The van der Waals surface area contributed by atoms with Crippen molar-refractivity contribution in [2.75, 3.05) is 26.3 Å². The van der Waals surface area contributed by atoms with Crippen molar-refractivity contribution in [2.45, 2.75) is 24.3 Å². The van der Waals surface area contributed by atoms with Crippen LogP contribution in [0.15, 0.2) is 23.1 Å². The van der Waals surface area contributed by atoms with E-state index in [9.17, 15) is 8.42 Å². The molecule has 7 heteroatoms. The first-order valence-electron chi connectivity index (χ1n) is 7.14. The number of rotatable bonds is 2. The number of hydrogen-bond acceptors (Lipinski definition) is 5. The van der Waals surface area contributed by atoms with Gasteiger partial charge in [0.25, 0.3) is 0 Å². The number of fused-ring (bicyclic) bond motifs is 1. The summed E-state index contributed by atoms with van der Waals surface area (Å²) < 4.78 is 37.9. The minimum absolute atomic E-state index is 0.111. The molecule has 2 aliphatic heterocycles. The van der Waals surface area contributed by atoms with E-state index in [1.165, 1.54) is 4.31 Å². The van der Waals surface area contributed by atoms with E-state index in [4.69, 9.17) is 15.2 Å². The molecule has 0 spiro atoms. The van der Waals surface area contributed by atoms with Crippen LogP contribution in [0.25, 0.3) is 0 Å². The molecule has 2 heterocycles. The summed E-state index contributed by atoms with van der Waals surface area (Å²) in [5, 5.41) is 0. The number of benzene rings is 1. The monoisotopic (exact) mass is 312 g/mol. The summed E-state index contributed by atoms with van der Waals surface area (Å²) >= 11 is 0. The van der Waals surface area contributed by atoms with Gasteiger partial charge in [0.1, 0.15) is 0 Å². The van der Waals surface area contributed by atoms with Crippen LogP contribution in [0.5, 0.6) is 11.5 Å². The van der Waals surface area contributed by atoms with Gasteiger partial charge < -0.3 is 15.2 Å². The Labute approximate surface area is 124 Å². The molecule has 1 fully saturated rings. The minimum Gasteiger partial charge on any atom is -0.490 e. The Morgan fingerprint density at radius 2 is 1.90 bits per heavy atom. The lowest BCUT2D eigenvalue weighted by Gasteiger charge is -2.17. The zero-order valence-electron chi connectivity index (χ0n) is 12.0. The van der Waals surface area contributed by atoms with Crippen LogP contribution in [-0.2, 0) is 10.0 Å². The SMILES string of the molecule is CC1CN(S(=O)(=O)c2ccc3c(c2)OCCCO3)CC1N. The summed E-state index contributed by atoms with van der Waals surface area (Å²) in [5.74, 6) is 1.25. The highest BCUT2D eigenvalue weighted by atomic mass is 32.2. The normalized spacial score (nSPS) is 26.6. The van der Waals surface area contributed by atoms with E-state index in [1.54, 1.807) is 18.2 Å². The predicted molar refractivity (Wildman–Crippen MR) is 77.9 cm³/mol. The van der Waals surface area contributed by atoms with Crippen molar-refractivity contribution in [1.82, 2.24) is 4.31 Å². The summed E-state index contributed by atoms with van der Waals surface area (Å²) in [6, 6.07) is 4.66. The van der Waals surface area contributed by atoms with Gasteiger partial charge in [-0.25, -0.2) is 8.42 Å². The fraction of sp³-hybridized carbons (Fsp3) is 0.571. The van der Waals surface area contributed by atoms with Crippen molar-refractivity contribution in [2.24, 2.45) is 11.7 Å². The Morgan fingerprint density at radius 3 is 2.57 bits per heavy atom. The molecule has 116 valence electrons. The van der Waals surface area contributed by atoms with E-state index in [1.807, 2.05) is 6.92 Å². The van der Waals surface area contributed by atoms with Crippen LogP contribution in [0.2, 0.25) is 0 Å². The van der Waals surface area contributed by atoms with Crippen molar-refractivity contribution in [1.29, 1.82) is 0 Å². The number of nitrogens with zero attached hydrogens (tertiary/aromatic N) is 1. The third-order valence-corrected chi connectivity index (χ3v) is 5.82. The van der Waals surface area contributed by atoms with Gasteiger partial charge in [0, 0.05) is 31.6 Å². The molecular weight excluding hydrogens is 292 g/mol. The van der Waals surface area contributed by atoms with Crippen LogP contribution in [0, 0.1) is 5.92 Å². The van der Waals surface area contributed by atoms with E-state index in [0.717, 1.165) is 6.42 Å². The Bertz CT molecular complexity index is 622. The molecule has 6 nitrogen and oxygen atoms in total. The van der Waals surface area contributed by atoms with Crippen molar-refractivity contribution in [3.05, 3.63) is 18.2 Å². The molecule has 1 aromatic rings. The summed E-state index contributed by atoms with van der Waals surface area (Å²) in [6.45, 7) is 3.89. The summed E-state index contributed by atoms with van der Waals surface area (Å²) in [4.78, 5) is 0.230. The van der Waals surface area contributed by atoms with Crippen LogP contribution in [0.4, 0.5) is 0 Å². The van der Waals surface area contributed by atoms with E-state index < -0.39 is 10.0 Å². The second kappa shape index (κ2) is 5.47. The molecule has 1 aromatic carbocycles. The van der Waals surface area contributed by atoms with Crippen LogP contribution < -0.4 is 15.2 Å². The fourth-order valence-electron chi connectivity index (χ4n) is 2.60. The highest BCUT2D eigenvalue weighted by molar-refractivity contribution is 7.89. The molecule has 0 amide bonds. The quantitative estimate of drug-likeness (QED) is 0.874. The molecule has 1 saturated heterocycles. The third kappa shape index (κ3) is 2.73. The zero-order valence-corrected chi connectivity index (χ0v) is 12.8. The Kier molecular flexibility index (Phi) is 3.81. The first-order chi connectivity index (χ1) is 9.98. The van der Waals surface area contributed by atoms with Gasteiger partial charge in [-0.3, -0.25) is 0 Å². The van der Waals surface area contributed by atoms with E-state index >= 15 is 0 Å². The van der Waals surface area contributed by atoms with E-state index in [2.05, 4.69) is 0 Å².